The molecule has 9 heteroatoms. The molecule has 0 radical (unpaired) electrons. The minimum Gasteiger partial charge on any atom is -0.460 e. The van der Waals surface area contributed by atoms with Gasteiger partial charge >= 0.3 is 5.97 Å². The molecule has 0 aromatic heterocycles. The van der Waals surface area contributed by atoms with Crippen LogP contribution in [0.15, 0.2) is 34.5 Å². The molecule has 0 N–H and O–H groups in total. The van der Waals surface area contributed by atoms with E-state index >= 15 is 0 Å². The number of carbonyl (C=O) groups excluding carboxylic acids is 2. The summed E-state index contributed by atoms with van der Waals surface area (Å²) >= 11 is 13.7. The van der Waals surface area contributed by atoms with Crippen molar-refractivity contribution in [1.29, 1.82) is 0 Å². The average molecular weight is 443 g/mol. The molecule has 28 heavy (non-hydrogen) atoms. The molecule has 1 fully saturated rings. The highest BCUT2D eigenvalue weighted by atomic mass is 35.5. The Balaban J connectivity index is 2.07. The number of nitrogens with zero attached hydrogens (tertiary/aromatic N) is 2. The second-order valence-electron chi connectivity index (χ2n) is 6.32. The zero-order valence-electron chi connectivity index (χ0n) is 15.7. The number of amidine groups is 1. The number of halogens is 2. The monoisotopic (exact) mass is 442 g/mol. The number of fused-ring (bicyclic) bond motifs is 1. The first-order chi connectivity index (χ1) is 13.4. The summed E-state index contributed by atoms with van der Waals surface area (Å²) in [5.41, 5.74) is 1.50. The smallest absolute Gasteiger partial charge is 0.338 e. The maximum Gasteiger partial charge on any atom is 0.338 e. The average Bonchev–Trinajstić information content (AvgIpc) is 2.98. The van der Waals surface area contributed by atoms with Crippen LogP contribution >= 0.6 is 35.0 Å². The highest BCUT2D eigenvalue weighted by Gasteiger charge is 2.47. The van der Waals surface area contributed by atoms with Gasteiger partial charge in [-0.25, -0.2) is 9.79 Å². The molecule has 0 saturated carbocycles. The van der Waals surface area contributed by atoms with Gasteiger partial charge in [0.1, 0.15) is 6.61 Å². The molecule has 0 spiro atoms. The van der Waals surface area contributed by atoms with Crippen LogP contribution in [-0.4, -0.2) is 47.5 Å². The van der Waals surface area contributed by atoms with Crippen LogP contribution in [0, 0.1) is 0 Å². The number of allylic oxidation sites excluding steroid dienone is 1. The lowest BCUT2D eigenvalue weighted by atomic mass is 9.94. The van der Waals surface area contributed by atoms with Crippen LogP contribution in [-0.2, 0) is 19.1 Å². The van der Waals surface area contributed by atoms with E-state index in [1.807, 2.05) is 6.92 Å². The first-order valence-corrected chi connectivity index (χ1v) is 10.4. The Labute approximate surface area is 177 Å². The zero-order chi connectivity index (χ0) is 20.4. The van der Waals surface area contributed by atoms with Crippen LogP contribution in [0.25, 0.3) is 0 Å². The van der Waals surface area contributed by atoms with Gasteiger partial charge in [-0.1, -0.05) is 48.0 Å². The second-order valence-corrected chi connectivity index (χ2v) is 8.31. The number of carbonyl (C=O) groups is 2. The van der Waals surface area contributed by atoms with Crippen molar-refractivity contribution in [3.05, 3.63) is 45.1 Å². The van der Waals surface area contributed by atoms with Crippen LogP contribution in [0.1, 0.15) is 31.9 Å². The number of thioether (sulfide) groups is 1. The van der Waals surface area contributed by atoms with Gasteiger partial charge in [-0.15, -0.1) is 0 Å². The fraction of sp³-hybridized carbons (Fsp3) is 0.421. The third kappa shape index (κ3) is 3.94. The number of benzene rings is 1. The van der Waals surface area contributed by atoms with Crippen LogP contribution < -0.4 is 0 Å². The van der Waals surface area contributed by atoms with Gasteiger partial charge < -0.3 is 9.47 Å². The number of esters is 1. The van der Waals surface area contributed by atoms with Crippen molar-refractivity contribution in [3.8, 4) is 0 Å². The van der Waals surface area contributed by atoms with Gasteiger partial charge in [-0.05, 0) is 31.0 Å². The lowest BCUT2D eigenvalue weighted by molar-refractivity contribution is -0.141. The van der Waals surface area contributed by atoms with Gasteiger partial charge in [-0.3, -0.25) is 9.69 Å². The molecule has 2 unspecified atom stereocenters. The van der Waals surface area contributed by atoms with Gasteiger partial charge in [-0.2, -0.15) is 0 Å². The van der Waals surface area contributed by atoms with Crippen LogP contribution in [0.4, 0.5) is 0 Å². The first-order valence-electron chi connectivity index (χ1n) is 8.79. The van der Waals surface area contributed by atoms with Gasteiger partial charge in [0.15, 0.2) is 5.17 Å². The van der Waals surface area contributed by atoms with Gasteiger partial charge in [0.2, 0.25) is 5.91 Å². The minimum absolute atomic E-state index is 0.0861. The third-order valence-corrected chi connectivity index (χ3v) is 6.58. The number of hydrogen-bond donors (Lipinski definition) is 0. The van der Waals surface area contributed by atoms with E-state index in [1.54, 1.807) is 30.0 Å². The van der Waals surface area contributed by atoms with E-state index in [-0.39, 0.29) is 24.4 Å². The number of methoxy groups -OCH3 is 1. The number of hydrogen-bond acceptors (Lipinski definition) is 6. The molecule has 2 heterocycles. The van der Waals surface area contributed by atoms with E-state index in [2.05, 4.69) is 4.99 Å². The van der Waals surface area contributed by atoms with E-state index in [0.717, 1.165) is 0 Å². The highest BCUT2D eigenvalue weighted by molar-refractivity contribution is 8.15. The molecule has 6 nitrogen and oxygen atoms in total. The standard InChI is InChI=1S/C19H20Cl2N2O4S/c1-4-14-17(24)23-16(11-5-6-12(20)13(21)9-11)15(10(2)22-19(23)28-14)18(25)27-8-7-26-3/h5-6,9,14,16H,4,7-8H2,1-3H3. The molecule has 1 aromatic rings. The summed E-state index contributed by atoms with van der Waals surface area (Å²) in [6, 6.07) is 4.41. The fourth-order valence-electron chi connectivity index (χ4n) is 3.14. The Morgan fingerprint density at radius 2 is 2.04 bits per heavy atom. The van der Waals surface area contributed by atoms with E-state index < -0.39 is 12.0 Å². The summed E-state index contributed by atoms with van der Waals surface area (Å²) in [5, 5.41) is 1.09. The maximum absolute atomic E-state index is 13.0. The molecule has 2 atom stereocenters. The number of ether oxygens (including phenoxy) is 2. The van der Waals surface area contributed by atoms with Crippen molar-refractivity contribution in [1.82, 2.24) is 4.90 Å². The highest BCUT2D eigenvalue weighted by Crippen LogP contribution is 2.44. The van der Waals surface area contributed by atoms with Crippen molar-refractivity contribution in [3.63, 3.8) is 0 Å². The summed E-state index contributed by atoms with van der Waals surface area (Å²) in [5.74, 6) is -0.622. The quantitative estimate of drug-likeness (QED) is 0.487. The lowest BCUT2D eigenvalue weighted by Crippen LogP contribution is -2.41. The maximum atomic E-state index is 13.0. The Morgan fingerprint density at radius 3 is 2.68 bits per heavy atom. The number of aliphatic imine (C=N–C) groups is 1. The summed E-state index contributed by atoms with van der Waals surface area (Å²) in [6.07, 6.45) is 0.666. The Kier molecular flexibility index (Phi) is 6.70. The minimum atomic E-state index is -0.672. The number of rotatable bonds is 6. The normalized spacial score (nSPS) is 21.7. The lowest BCUT2D eigenvalue weighted by Gasteiger charge is -2.33. The Hall–Kier alpha value is -1.54. The van der Waals surface area contributed by atoms with Crippen LogP contribution in [0.5, 0.6) is 0 Å². The molecule has 1 amide bonds. The molecule has 3 rings (SSSR count). The van der Waals surface area contributed by atoms with Crippen molar-refractivity contribution in [2.45, 2.75) is 31.6 Å². The van der Waals surface area contributed by atoms with Crippen molar-refractivity contribution < 1.29 is 19.1 Å². The Morgan fingerprint density at radius 1 is 1.29 bits per heavy atom. The largest absolute Gasteiger partial charge is 0.460 e. The summed E-state index contributed by atoms with van der Waals surface area (Å²) in [7, 11) is 1.53. The predicted molar refractivity (Wildman–Crippen MR) is 111 cm³/mol. The zero-order valence-corrected chi connectivity index (χ0v) is 18.0. The summed E-state index contributed by atoms with van der Waals surface area (Å²) in [4.78, 5) is 31.9. The molecule has 2 aliphatic heterocycles. The van der Waals surface area contributed by atoms with Crippen LogP contribution in [0.3, 0.4) is 0 Å². The topological polar surface area (TPSA) is 68.2 Å². The molecular weight excluding hydrogens is 423 g/mol. The van der Waals surface area contributed by atoms with E-state index in [0.29, 0.717) is 38.5 Å². The molecule has 0 aliphatic carbocycles. The van der Waals surface area contributed by atoms with E-state index in [9.17, 15) is 9.59 Å². The van der Waals surface area contributed by atoms with Gasteiger partial charge in [0.25, 0.3) is 0 Å². The third-order valence-electron chi connectivity index (χ3n) is 4.52. The van der Waals surface area contributed by atoms with E-state index in [4.69, 9.17) is 32.7 Å². The molecule has 1 aromatic carbocycles. The summed E-state index contributed by atoms with van der Waals surface area (Å²) < 4.78 is 10.3. The molecule has 0 bridgehead atoms. The predicted octanol–water partition coefficient (Wildman–Crippen LogP) is 4.22. The van der Waals surface area contributed by atoms with Gasteiger partial charge in [0.05, 0.1) is 39.2 Å². The van der Waals surface area contributed by atoms with E-state index in [1.165, 1.54) is 18.9 Å². The summed E-state index contributed by atoms with van der Waals surface area (Å²) in [6.45, 7) is 4.08. The van der Waals surface area contributed by atoms with Crippen LogP contribution in [0.2, 0.25) is 10.0 Å². The molecule has 1 saturated heterocycles. The van der Waals surface area contributed by atoms with Crippen molar-refractivity contribution >= 4 is 52.0 Å². The second kappa shape index (κ2) is 8.86. The first kappa shape index (κ1) is 21.2. The number of amides is 1. The van der Waals surface area contributed by atoms with Gasteiger partial charge in [0, 0.05) is 7.11 Å². The molecule has 150 valence electrons. The van der Waals surface area contributed by atoms with Crippen molar-refractivity contribution in [2.75, 3.05) is 20.3 Å². The Bertz CT molecular complexity index is 871. The SMILES string of the molecule is CCC1SC2=NC(C)=C(C(=O)OCCOC)C(c3ccc(Cl)c(Cl)c3)N2C1=O. The van der Waals surface area contributed by atoms with Crippen molar-refractivity contribution in [2.24, 2.45) is 4.99 Å². The molecule has 2 aliphatic rings. The molecular formula is C19H20Cl2N2O4S. The fourth-order valence-corrected chi connectivity index (χ4v) is 4.58.